The molecule has 27 heteroatoms. The number of aliphatic carboxylic acids is 3. The Hall–Kier alpha value is -7.84. The van der Waals surface area contributed by atoms with Crippen LogP contribution >= 0.6 is 0 Å². The second-order valence-corrected chi connectivity index (χ2v) is 20.8. The van der Waals surface area contributed by atoms with Crippen LogP contribution in [0.3, 0.4) is 0 Å². The number of amides is 8. The van der Waals surface area contributed by atoms with Gasteiger partial charge < -0.3 is 79.6 Å². The van der Waals surface area contributed by atoms with E-state index in [9.17, 15) is 57.8 Å². The van der Waals surface area contributed by atoms with Gasteiger partial charge in [0.1, 0.15) is 48.3 Å². The van der Waals surface area contributed by atoms with E-state index >= 15 is 0 Å². The summed E-state index contributed by atoms with van der Waals surface area (Å²) in [5, 5.41) is 59.5. The molecule has 0 aliphatic heterocycles. The van der Waals surface area contributed by atoms with Crippen molar-refractivity contribution in [1.29, 1.82) is 5.41 Å². The number of carboxylic acid groups (broad SMARTS) is 3. The number of nitrogens with one attached hydrogen (secondary N) is 11. The highest BCUT2D eigenvalue weighted by molar-refractivity contribution is 5.99. The van der Waals surface area contributed by atoms with Crippen molar-refractivity contribution in [1.82, 2.24) is 52.8 Å². The van der Waals surface area contributed by atoms with Crippen LogP contribution in [0.15, 0.2) is 30.5 Å². The van der Waals surface area contributed by atoms with Gasteiger partial charge in [0.15, 0.2) is 5.96 Å². The van der Waals surface area contributed by atoms with E-state index in [2.05, 4.69) is 52.8 Å². The first-order valence-corrected chi connectivity index (χ1v) is 26.4. The van der Waals surface area contributed by atoms with Gasteiger partial charge in [0.05, 0.1) is 6.04 Å². The maximum Gasteiger partial charge on any atom is 0.326 e. The number of nitrogens with two attached hydrogens (primary N) is 2. The predicted molar refractivity (Wildman–Crippen MR) is 290 cm³/mol. The van der Waals surface area contributed by atoms with Gasteiger partial charge in [-0.3, -0.25) is 53.4 Å². The van der Waals surface area contributed by atoms with Gasteiger partial charge in [0, 0.05) is 42.9 Å². The molecule has 0 saturated carbocycles. The van der Waals surface area contributed by atoms with Gasteiger partial charge in [0.2, 0.25) is 47.3 Å². The average Bonchev–Trinajstić information content (AvgIpc) is 3.78. The second-order valence-electron chi connectivity index (χ2n) is 20.8. The van der Waals surface area contributed by atoms with Crippen LogP contribution in [0.4, 0.5) is 0 Å². The average molecular weight is 1110 g/mol. The summed E-state index contributed by atoms with van der Waals surface area (Å²) in [6.45, 7) is 14.9. The van der Waals surface area contributed by atoms with Gasteiger partial charge >= 0.3 is 17.9 Å². The Kier molecular flexibility index (Phi) is 27.9. The van der Waals surface area contributed by atoms with E-state index in [-0.39, 0.29) is 56.9 Å². The molecule has 0 aliphatic carbocycles. The third-order valence-corrected chi connectivity index (χ3v) is 13.0. The summed E-state index contributed by atoms with van der Waals surface area (Å²) in [5.74, 6) is -12.8. The fourth-order valence-electron chi connectivity index (χ4n) is 8.17. The largest absolute Gasteiger partial charge is 0.481 e. The van der Waals surface area contributed by atoms with Crippen LogP contribution in [0.1, 0.15) is 119 Å². The lowest BCUT2D eigenvalue weighted by atomic mass is 9.95. The quantitative estimate of drug-likeness (QED) is 0.0233. The maximum absolute atomic E-state index is 14.7. The summed E-state index contributed by atoms with van der Waals surface area (Å²) in [6, 6.07) is -4.86. The number of carbonyl (C=O) groups excluding carboxylic acids is 8. The number of hydrogen-bond donors (Lipinski definition) is 16. The van der Waals surface area contributed by atoms with Gasteiger partial charge in [-0.2, -0.15) is 0 Å². The number of hydrogen-bond acceptors (Lipinski definition) is 13. The molecule has 27 nitrogen and oxygen atoms in total. The van der Waals surface area contributed by atoms with Crippen molar-refractivity contribution in [2.24, 2.45) is 35.1 Å². The lowest BCUT2D eigenvalue weighted by Crippen LogP contribution is -2.62. The van der Waals surface area contributed by atoms with Crippen molar-refractivity contribution in [3.05, 3.63) is 36.0 Å². The molecule has 2 aromatic rings. The van der Waals surface area contributed by atoms with Crippen LogP contribution in [0.2, 0.25) is 0 Å². The smallest absolute Gasteiger partial charge is 0.326 e. The zero-order chi connectivity index (χ0) is 59.8. The number of para-hydroxylation sites is 1. The minimum Gasteiger partial charge on any atom is -0.481 e. The van der Waals surface area contributed by atoms with E-state index in [4.69, 9.17) is 27.1 Å². The molecule has 0 radical (unpaired) electrons. The number of aromatic nitrogens is 1. The minimum absolute atomic E-state index is 0.0360. The van der Waals surface area contributed by atoms with Crippen LogP contribution in [-0.2, 0) is 59.2 Å². The molecule has 0 aliphatic rings. The van der Waals surface area contributed by atoms with E-state index in [0.29, 0.717) is 12.0 Å². The molecule has 0 saturated heterocycles. The first-order chi connectivity index (χ1) is 37.0. The Morgan fingerprint density at radius 1 is 0.582 bits per heavy atom. The monoisotopic (exact) mass is 1110 g/mol. The molecule has 18 N–H and O–H groups in total. The highest BCUT2D eigenvalue weighted by Crippen LogP contribution is 2.21. The molecule has 1 aromatic heterocycles. The van der Waals surface area contributed by atoms with E-state index in [1.807, 2.05) is 6.07 Å². The fraction of sp³-hybridized carbons (Fsp3) is 0.615. The summed E-state index contributed by atoms with van der Waals surface area (Å²) in [6.07, 6.45) is 0.434. The van der Waals surface area contributed by atoms with Crippen LogP contribution in [0.5, 0.6) is 0 Å². The molecular formula is C52H83N13O14. The number of carbonyl (C=O) groups is 11. The topological polar surface area (TPSA) is 448 Å². The van der Waals surface area contributed by atoms with E-state index in [1.54, 1.807) is 79.8 Å². The summed E-state index contributed by atoms with van der Waals surface area (Å²) in [5.41, 5.74) is 12.6. The molecule has 0 fully saturated rings. The van der Waals surface area contributed by atoms with Crippen LogP contribution in [0, 0.1) is 29.1 Å². The molecule has 0 spiro atoms. The van der Waals surface area contributed by atoms with Crippen LogP contribution in [0.25, 0.3) is 10.9 Å². The van der Waals surface area contributed by atoms with Gasteiger partial charge in [-0.05, 0) is 74.3 Å². The normalized spacial score (nSPS) is 15.1. The Labute approximate surface area is 459 Å². The zero-order valence-electron chi connectivity index (χ0n) is 46.5. The zero-order valence-corrected chi connectivity index (χ0v) is 46.5. The molecule has 2 rings (SSSR count). The number of benzene rings is 1. The highest BCUT2D eigenvalue weighted by Gasteiger charge is 2.37. The number of fused-ring (bicyclic) bond motifs is 1. The summed E-state index contributed by atoms with van der Waals surface area (Å²) < 4.78 is 0. The Morgan fingerprint density at radius 2 is 1.08 bits per heavy atom. The van der Waals surface area contributed by atoms with E-state index in [0.717, 1.165) is 10.9 Å². The first kappa shape index (κ1) is 67.3. The van der Waals surface area contributed by atoms with Crippen LogP contribution in [-0.4, -0.2) is 152 Å². The summed E-state index contributed by atoms with van der Waals surface area (Å²) >= 11 is 0. The van der Waals surface area contributed by atoms with Gasteiger partial charge in [-0.25, -0.2) is 4.79 Å². The van der Waals surface area contributed by atoms with Gasteiger partial charge in [-0.15, -0.1) is 0 Å². The third kappa shape index (κ3) is 23.0. The van der Waals surface area contributed by atoms with Crippen molar-refractivity contribution in [3.8, 4) is 0 Å². The molecular weight excluding hydrogens is 1030 g/mol. The maximum atomic E-state index is 14.7. The Balaban J connectivity index is 2.52. The number of aromatic amines is 1. The molecule has 8 amide bonds. The van der Waals surface area contributed by atoms with Crippen molar-refractivity contribution in [2.75, 3.05) is 6.54 Å². The fourth-order valence-corrected chi connectivity index (χ4v) is 8.17. The van der Waals surface area contributed by atoms with Gasteiger partial charge in [-0.1, -0.05) is 80.0 Å². The van der Waals surface area contributed by atoms with Crippen molar-refractivity contribution >= 4 is 82.0 Å². The van der Waals surface area contributed by atoms with E-state index < -0.39 is 150 Å². The standard InChI is InChI=1S/C52H83N13O14/c1-10-28(8)42(65-45(72)34(16-13-21-56-52(54)55)59-48(75)40(26(4)5)63-43(70)29(9)58-44(71)32(53)17-19-38(66)67)50(77)62-37(23-30-24-57-33-15-12-11-14-31(30)33)47(74)64-41(27(6)7)49(76)61-36(22-25(2)3)46(73)60-35(51(78)79)18-20-39(68)69/h11-12,14-15,24-29,32,34-37,40-42,57H,10,13,16-23,53H2,1-9H3,(H,58,71)(H,59,75)(H,60,73)(H,61,76)(H,62,77)(H,63,70)(H,64,74)(H,65,72)(H,66,67)(H,68,69)(H,78,79)(H4,54,55,56)/t28-,29-,32-,34-,35-,36-,37-,40-,41-,42-/m0/s1. The molecule has 1 aromatic carbocycles. The lowest BCUT2D eigenvalue weighted by Gasteiger charge is -2.31. The molecule has 0 unspecified atom stereocenters. The molecule has 0 bridgehead atoms. The molecule has 10 atom stereocenters. The minimum atomic E-state index is -1.57. The molecule has 1 heterocycles. The first-order valence-electron chi connectivity index (χ1n) is 26.4. The van der Waals surface area contributed by atoms with Crippen LogP contribution < -0.4 is 59.3 Å². The lowest BCUT2D eigenvalue weighted by molar-refractivity contribution is -0.143. The number of guanidine groups is 1. The molecule has 440 valence electrons. The number of H-pyrrole nitrogens is 1. The number of carboxylic acids is 3. The Bertz CT molecular complexity index is 2460. The SMILES string of the molecule is CC[C@H](C)[C@H](NC(=O)[C@H](CCCNC(=N)N)NC(=O)[C@@H](NC(=O)[C@H](C)NC(=O)[C@@H](N)CCC(=O)O)C(C)C)C(=O)N[C@@H](Cc1c[nH]c2ccccc12)C(=O)N[C@H](C(=O)N[C@@H](CC(C)C)C(=O)N[C@@H](CCC(=O)O)C(=O)O)C(C)C. The summed E-state index contributed by atoms with van der Waals surface area (Å²) in [4.78, 5) is 149. The van der Waals surface area contributed by atoms with Crippen molar-refractivity contribution in [3.63, 3.8) is 0 Å². The van der Waals surface area contributed by atoms with Gasteiger partial charge in [0.25, 0.3) is 0 Å². The van der Waals surface area contributed by atoms with Crippen molar-refractivity contribution < 1.29 is 68.1 Å². The third-order valence-electron chi connectivity index (χ3n) is 13.0. The Morgan fingerprint density at radius 3 is 1.62 bits per heavy atom. The van der Waals surface area contributed by atoms with E-state index in [1.165, 1.54) is 6.92 Å². The highest BCUT2D eigenvalue weighted by atomic mass is 16.4. The second kappa shape index (κ2) is 32.8. The van der Waals surface area contributed by atoms with Crippen molar-refractivity contribution in [2.45, 2.75) is 174 Å². The predicted octanol–water partition coefficient (Wildman–Crippen LogP) is -0.582. The number of rotatable bonds is 35. The molecule has 79 heavy (non-hydrogen) atoms. The summed E-state index contributed by atoms with van der Waals surface area (Å²) in [7, 11) is 0.